The largest absolute Gasteiger partial charge is 0.363 e. The zero-order valence-corrected chi connectivity index (χ0v) is 14.2. The molecule has 2 heterocycles. The number of nitrogens with zero attached hydrogens (tertiary/aromatic N) is 4. The normalized spacial score (nSPS) is 17.0. The van der Waals surface area contributed by atoms with Crippen LogP contribution in [0.5, 0.6) is 0 Å². The lowest BCUT2D eigenvalue weighted by Crippen LogP contribution is -2.52. The van der Waals surface area contributed by atoms with Crippen LogP contribution in [0.15, 0.2) is 9.59 Å². The van der Waals surface area contributed by atoms with Gasteiger partial charge in [-0.05, 0) is 13.8 Å². The van der Waals surface area contributed by atoms with Gasteiger partial charge in [-0.3, -0.25) is 13.9 Å². The minimum atomic E-state index is -3.20. The standard InChI is InChI=1S/C13H22N4O4S/c1-5-22(20,21)17-8-6-16(7-9-17)11-10(2)14(3)13(19)15(4)12(11)18/h5-9H2,1-4H3. The van der Waals surface area contributed by atoms with E-state index in [9.17, 15) is 18.0 Å². The van der Waals surface area contributed by atoms with Gasteiger partial charge in [-0.2, -0.15) is 4.31 Å². The maximum absolute atomic E-state index is 12.4. The Labute approximate surface area is 129 Å². The number of anilines is 1. The average molecular weight is 330 g/mol. The third-order valence-corrected chi connectivity index (χ3v) is 6.12. The Hall–Kier alpha value is -1.61. The van der Waals surface area contributed by atoms with Crippen LogP contribution in [-0.4, -0.2) is 53.8 Å². The van der Waals surface area contributed by atoms with Crippen molar-refractivity contribution in [2.75, 3.05) is 36.8 Å². The summed E-state index contributed by atoms with van der Waals surface area (Å²) in [6, 6.07) is 0. The average Bonchev–Trinajstić information content (AvgIpc) is 2.52. The Bertz CT molecular complexity index is 785. The second kappa shape index (κ2) is 5.88. The molecule has 1 saturated heterocycles. The molecular weight excluding hydrogens is 308 g/mol. The van der Waals surface area contributed by atoms with E-state index in [1.54, 1.807) is 20.9 Å². The fraction of sp³-hybridized carbons (Fsp3) is 0.692. The first-order chi connectivity index (χ1) is 10.2. The number of rotatable bonds is 3. The SMILES string of the molecule is CCS(=O)(=O)N1CCN(c2c(C)n(C)c(=O)n(C)c2=O)CC1. The van der Waals surface area contributed by atoms with Crippen LogP contribution in [0, 0.1) is 6.92 Å². The first-order valence-electron chi connectivity index (χ1n) is 7.20. The Morgan fingerprint density at radius 3 is 2.05 bits per heavy atom. The maximum Gasteiger partial charge on any atom is 0.330 e. The Morgan fingerprint density at radius 1 is 1.00 bits per heavy atom. The van der Waals surface area contributed by atoms with Crippen LogP contribution in [0.2, 0.25) is 0 Å². The summed E-state index contributed by atoms with van der Waals surface area (Å²) < 4.78 is 27.7. The summed E-state index contributed by atoms with van der Waals surface area (Å²) >= 11 is 0. The van der Waals surface area contributed by atoms with Crippen molar-refractivity contribution in [1.29, 1.82) is 0 Å². The third-order valence-electron chi connectivity index (χ3n) is 4.24. The van der Waals surface area contributed by atoms with Crippen molar-refractivity contribution in [1.82, 2.24) is 13.4 Å². The van der Waals surface area contributed by atoms with Gasteiger partial charge in [0.2, 0.25) is 10.0 Å². The Balaban J connectivity index is 2.34. The molecule has 1 fully saturated rings. The summed E-state index contributed by atoms with van der Waals surface area (Å²) in [6.45, 7) is 4.92. The molecule has 0 aliphatic carbocycles. The first kappa shape index (κ1) is 16.8. The number of aromatic nitrogens is 2. The van der Waals surface area contributed by atoms with Crippen LogP contribution in [0.1, 0.15) is 12.6 Å². The molecule has 0 unspecified atom stereocenters. The van der Waals surface area contributed by atoms with Crippen LogP contribution in [-0.2, 0) is 24.1 Å². The van der Waals surface area contributed by atoms with Crippen molar-refractivity contribution >= 4 is 15.7 Å². The van der Waals surface area contributed by atoms with Crippen LogP contribution < -0.4 is 16.1 Å². The fourth-order valence-corrected chi connectivity index (χ4v) is 3.75. The lowest BCUT2D eigenvalue weighted by Gasteiger charge is -2.35. The summed E-state index contributed by atoms with van der Waals surface area (Å²) in [5.74, 6) is 0.0770. The molecule has 1 aromatic heterocycles. The topological polar surface area (TPSA) is 84.6 Å². The van der Waals surface area contributed by atoms with Gasteiger partial charge in [0.1, 0.15) is 5.69 Å². The maximum atomic E-state index is 12.4. The zero-order valence-electron chi connectivity index (χ0n) is 13.4. The molecule has 124 valence electrons. The highest BCUT2D eigenvalue weighted by molar-refractivity contribution is 7.89. The number of sulfonamides is 1. The van der Waals surface area contributed by atoms with Gasteiger partial charge < -0.3 is 4.90 Å². The molecule has 0 N–H and O–H groups in total. The van der Waals surface area contributed by atoms with Gasteiger partial charge >= 0.3 is 5.69 Å². The lowest BCUT2D eigenvalue weighted by atomic mass is 10.2. The molecule has 2 rings (SSSR count). The summed E-state index contributed by atoms with van der Waals surface area (Å²) in [5.41, 5.74) is 0.365. The van der Waals surface area contributed by atoms with E-state index in [2.05, 4.69) is 0 Å². The van der Waals surface area contributed by atoms with Crippen LogP contribution in [0.25, 0.3) is 0 Å². The van der Waals surface area contributed by atoms with Crippen molar-refractivity contribution in [3.05, 3.63) is 26.5 Å². The van der Waals surface area contributed by atoms with E-state index < -0.39 is 10.0 Å². The molecule has 0 radical (unpaired) electrons. The molecule has 0 aromatic carbocycles. The van der Waals surface area contributed by atoms with E-state index >= 15 is 0 Å². The molecule has 0 amide bonds. The second-order valence-corrected chi connectivity index (χ2v) is 7.68. The number of piperazine rings is 1. The van der Waals surface area contributed by atoms with E-state index in [4.69, 9.17) is 0 Å². The summed E-state index contributed by atoms with van der Waals surface area (Å²) in [6.07, 6.45) is 0. The fourth-order valence-electron chi connectivity index (χ4n) is 2.66. The van der Waals surface area contributed by atoms with E-state index in [-0.39, 0.29) is 17.0 Å². The zero-order chi connectivity index (χ0) is 16.7. The van der Waals surface area contributed by atoms with Crippen molar-refractivity contribution in [3.63, 3.8) is 0 Å². The molecule has 1 aromatic rings. The van der Waals surface area contributed by atoms with E-state index in [0.29, 0.717) is 37.6 Å². The minimum Gasteiger partial charge on any atom is -0.363 e. The molecule has 1 aliphatic heterocycles. The minimum absolute atomic E-state index is 0.0770. The predicted molar refractivity (Wildman–Crippen MR) is 84.9 cm³/mol. The molecule has 0 saturated carbocycles. The van der Waals surface area contributed by atoms with Crippen LogP contribution in [0.4, 0.5) is 5.69 Å². The van der Waals surface area contributed by atoms with Gasteiger partial charge in [-0.25, -0.2) is 13.2 Å². The molecule has 0 bridgehead atoms. The molecule has 22 heavy (non-hydrogen) atoms. The number of hydrogen-bond acceptors (Lipinski definition) is 5. The van der Waals surface area contributed by atoms with Crippen molar-refractivity contribution < 1.29 is 8.42 Å². The van der Waals surface area contributed by atoms with Gasteiger partial charge in [0, 0.05) is 46.0 Å². The highest BCUT2D eigenvalue weighted by Crippen LogP contribution is 2.16. The molecular formula is C13H22N4O4S. The van der Waals surface area contributed by atoms with Crippen molar-refractivity contribution in [2.45, 2.75) is 13.8 Å². The quantitative estimate of drug-likeness (QED) is 0.700. The highest BCUT2D eigenvalue weighted by atomic mass is 32.2. The van der Waals surface area contributed by atoms with Crippen molar-refractivity contribution in [2.24, 2.45) is 14.1 Å². The van der Waals surface area contributed by atoms with Crippen LogP contribution >= 0.6 is 0 Å². The monoisotopic (exact) mass is 330 g/mol. The summed E-state index contributed by atoms with van der Waals surface area (Å²) in [4.78, 5) is 26.1. The lowest BCUT2D eigenvalue weighted by molar-refractivity contribution is 0.384. The molecule has 0 atom stereocenters. The van der Waals surface area contributed by atoms with Gasteiger partial charge in [-0.1, -0.05) is 0 Å². The molecule has 0 spiro atoms. The van der Waals surface area contributed by atoms with Crippen LogP contribution in [0.3, 0.4) is 0 Å². The van der Waals surface area contributed by atoms with Gasteiger partial charge in [0.25, 0.3) is 5.56 Å². The Kier molecular flexibility index (Phi) is 4.48. The molecule has 8 nitrogen and oxygen atoms in total. The third kappa shape index (κ3) is 2.70. The van der Waals surface area contributed by atoms with E-state index in [1.165, 1.54) is 15.9 Å². The molecule has 9 heteroatoms. The van der Waals surface area contributed by atoms with E-state index in [1.807, 2.05) is 4.90 Å². The van der Waals surface area contributed by atoms with Gasteiger partial charge in [-0.15, -0.1) is 0 Å². The molecule has 1 aliphatic rings. The predicted octanol–water partition coefficient (Wildman–Crippen LogP) is -1.14. The summed E-state index contributed by atoms with van der Waals surface area (Å²) in [7, 11) is -0.129. The number of hydrogen-bond donors (Lipinski definition) is 0. The van der Waals surface area contributed by atoms with Crippen molar-refractivity contribution in [3.8, 4) is 0 Å². The first-order valence-corrected chi connectivity index (χ1v) is 8.81. The van der Waals surface area contributed by atoms with E-state index in [0.717, 1.165) is 4.57 Å². The summed E-state index contributed by atoms with van der Waals surface area (Å²) in [5, 5.41) is 0. The smallest absolute Gasteiger partial charge is 0.330 e. The Morgan fingerprint density at radius 2 is 1.55 bits per heavy atom. The highest BCUT2D eigenvalue weighted by Gasteiger charge is 2.28. The second-order valence-electron chi connectivity index (χ2n) is 5.43. The van der Waals surface area contributed by atoms with Gasteiger partial charge in [0.15, 0.2) is 0 Å². The van der Waals surface area contributed by atoms with Gasteiger partial charge in [0.05, 0.1) is 5.75 Å².